The first-order chi connectivity index (χ1) is 10.8. The summed E-state index contributed by atoms with van der Waals surface area (Å²) >= 11 is 0. The molecule has 22 heavy (non-hydrogen) atoms. The molecular weight excluding hydrogens is 276 g/mol. The topological polar surface area (TPSA) is 35.5 Å². The Balaban J connectivity index is 2.32. The summed E-state index contributed by atoms with van der Waals surface area (Å²) in [5.74, 6) is -0.814. The molecule has 0 aliphatic heterocycles. The van der Waals surface area contributed by atoms with Gasteiger partial charge in [0.2, 0.25) is 0 Å². The SMILES string of the molecule is CCCCOC1(OCCCC)CC(C=O)=Cc2ccccc21. The van der Waals surface area contributed by atoms with E-state index in [0.29, 0.717) is 19.6 Å². The highest BCUT2D eigenvalue weighted by molar-refractivity contribution is 5.84. The molecule has 0 saturated carbocycles. The first-order valence-corrected chi connectivity index (χ1v) is 8.29. The largest absolute Gasteiger partial charge is 0.346 e. The number of hydrogen-bond donors (Lipinski definition) is 0. The molecule has 1 aliphatic carbocycles. The molecule has 3 heteroatoms. The van der Waals surface area contributed by atoms with E-state index in [2.05, 4.69) is 13.8 Å². The Hall–Kier alpha value is -1.45. The first kappa shape index (κ1) is 16.9. The van der Waals surface area contributed by atoms with Crippen molar-refractivity contribution in [2.45, 2.75) is 51.7 Å². The van der Waals surface area contributed by atoms with Crippen LogP contribution in [0.1, 0.15) is 57.1 Å². The number of aldehydes is 1. The molecule has 0 atom stereocenters. The van der Waals surface area contributed by atoms with E-state index in [1.807, 2.05) is 30.3 Å². The lowest BCUT2D eigenvalue weighted by molar-refractivity contribution is -0.247. The molecule has 0 heterocycles. The summed E-state index contributed by atoms with van der Waals surface area (Å²) in [6, 6.07) is 8.04. The van der Waals surface area contributed by atoms with Crippen molar-refractivity contribution < 1.29 is 14.3 Å². The van der Waals surface area contributed by atoms with Gasteiger partial charge in [0.25, 0.3) is 0 Å². The average molecular weight is 302 g/mol. The van der Waals surface area contributed by atoms with Crippen LogP contribution in [0.5, 0.6) is 0 Å². The molecule has 1 aromatic rings. The Morgan fingerprint density at radius 1 is 1.09 bits per heavy atom. The third kappa shape index (κ3) is 3.84. The van der Waals surface area contributed by atoms with Crippen LogP contribution in [0.25, 0.3) is 6.08 Å². The molecule has 2 rings (SSSR count). The maximum absolute atomic E-state index is 11.3. The maximum atomic E-state index is 11.3. The van der Waals surface area contributed by atoms with Gasteiger partial charge in [-0.3, -0.25) is 4.79 Å². The number of rotatable bonds is 9. The zero-order valence-corrected chi connectivity index (χ0v) is 13.6. The summed E-state index contributed by atoms with van der Waals surface area (Å²) in [5.41, 5.74) is 2.78. The van der Waals surface area contributed by atoms with Crippen molar-refractivity contribution in [3.8, 4) is 0 Å². The van der Waals surface area contributed by atoms with Crippen LogP contribution in [0.2, 0.25) is 0 Å². The van der Waals surface area contributed by atoms with Crippen LogP contribution in [-0.4, -0.2) is 19.5 Å². The van der Waals surface area contributed by atoms with Gasteiger partial charge in [0.15, 0.2) is 5.79 Å². The summed E-state index contributed by atoms with van der Waals surface area (Å²) < 4.78 is 12.4. The van der Waals surface area contributed by atoms with Crippen LogP contribution in [-0.2, 0) is 20.1 Å². The Bertz CT molecular complexity index is 509. The van der Waals surface area contributed by atoms with Crippen LogP contribution in [0.15, 0.2) is 29.8 Å². The van der Waals surface area contributed by atoms with Crippen molar-refractivity contribution in [3.05, 3.63) is 41.0 Å². The Labute approximate surface area is 133 Å². The van der Waals surface area contributed by atoms with E-state index in [1.54, 1.807) is 0 Å². The molecule has 120 valence electrons. The van der Waals surface area contributed by atoms with Gasteiger partial charge in [-0.1, -0.05) is 51.0 Å². The fourth-order valence-corrected chi connectivity index (χ4v) is 2.72. The summed E-state index contributed by atoms with van der Waals surface area (Å²) in [4.78, 5) is 11.3. The van der Waals surface area contributed by atoms with E-state index < -0.39 is 5.79 Å². The van der Waals surface area contributed by atoms with Gasteiger partial charge in [-0.2, -0.15) is 0 Å². The van der Waals surface area contributed by atoms with E-state index in [9.17, 15) is 4.79 Å². The molecule has 0 unspecified atom stereocenters. The molecule has 0 bridgehead atoms. The Morgan fingerprint density at radius 3 is 2.32 bits per heavy atom. The second kappa shape index (κ2) is 8.25. The summed E-state index contributed by atoms with van der Waals surface area (Å²) in [6.07, 6.45) is 7.46. The third-order valence-electron chi connectivity index (χ3n) is 3.97. The molecule has 1 aromatic carbocycles. The van der Waals surface area contributed by atoms with E-state index in [-0.39, 0.29) is 0 Å². The van der Waals surface area contributed by atoms with Crippen molar-refractivity contribution >= 4 is 12.4 Å². The summed E-state index contributed by atoms with van der Waals surface area (Å²) in [5, 5.41) is 0. The van der Waals surface area contributed by atoms with Crippen molar-refractivity contribution in [2.75, 3.05) is 13.2 Å². The minimum atomic E-state index is -0.814. The highest BCUT2D eigenvalue weighted by Crippen LogP contribution is 2.40. The number of carbonyl (C=O) groups excluding carboxylic acids is 1. The van der Waals surface area contributed by atoms with Crippen molar-refractivity contribution in [1.82, 2.24) is 0 Å². The molecular formula is C19H26O3. The fraction of sp³-hybridized carbons (Fsp3) is 0.526. The number of fused-ring (bicyclic) bond motifs is 1. The zero-order chi connectivity index (χ0) is 15.8. The third-order valence-corrected chi connectivity index (χ3v) is 3.97. The molecule has 0 N–H and O–H groups in total. The Kier molecular flexibility index (Phi) is 6.34. The van der Waals surface area contributed by atoms with Gasteiger partial charge in [-0.15, -0.1) is 0 Å². The highest BCUT2D eigenvalue weighted by Gasteiger charge is 2.39. The smallest absolute Gasteiger partial charge is 0.199 e. The number of benzene rings is 1. The van der Waals surface area contributed by atoms with Gasteiger partial charge in [-0.25, -0.2) is 0 Å². The van der Waals surface area contributed by atoms with E-state index in [0.717, 1.165) is 48.7 Å². The summed E-state index contributed by atoms with van der Waals surface area (Å²) in [7, 11) is 0. The quantitative estimate of drug-likeness (QED) is 0.384. The van der Waals surface area contributed by atoms with Crippen LogP contribution in [0, 0.1) is 0 Å². The maximum Gasteiger partial charge on any atom is 0.199 e. The minimum absolute atomic E-state index is 0.487. The number of hydrogen-bond acceptors (Lipinski definition) is 3. The monoisotopic (exact) mass is 302 g/mol. The van der Waals surface area contributed by atoms with Gasteiger partial charge in [-0.05, 0) is 30.1 Å². The van der Waals surface area contributed by atoms with Gasteiger partial charge in [0, 0.05) is 12.0 Å². The second-order valence-electron chi connectivity index (χ2n) is 5.76. The highest BCUT2D eigenvalue weighted by atomic mass is 16.7. The average Bonchev–Trinajstić information content (AvgIpc) is 2.55. The lowest BCUT2D eigenvalue weighted by Crippen LogP contribution is -2.37. The number of unbranched alkanes of at least 4 members (excludes halogenated alkanes) is 2. The van der Waals surface area contributed by atoms with E-state index >= 15 is 0 Å². The van der Waals surface area contributed by atoms with Crippen LogP contribution >= 0.6 is 0 Å². The van der Waals surface area contributed by atoms with Crippen molar-refractivity contribution in [2.24, 2.45) is 0 Å². The predicted octanol–water partition coefficient (Wildman–Crippen LogP) is 4.46. The van der Waals surface area contributed by atoms with Crippen LogP contribution in [0.3, 0.4) is 0 Å². The number of ether oxygens (including phenoxy) is 2. The predicted molar refractivity (Wildman–Crippen MR) is 88.5 cm³/mol. The van der Waals surface area contributed by atoms with E-state index in [1.165, 1.54) is 0 Å². The lowest BCUT2D eigenvalue weighted by Gasteiger charge is -2.38. The number of carbonyl (C=O) groups is 1. The van der Waals surface area contributed by atoms with E-state index in [4.69, 9.17) is 9.47 Å². The lowest BCUT2D eigenvalue weighted by atomic mass is 9.87. The molecule has 0 amide bonds. The zero-order valence-electron chi connectivity index (χ0n) is 13.6. The molecule has 0 spiro atoms. The second-order valence-corrected chi connectivity index (χ2v) is 5.76. The molecule has 0 radical (unpaired) electrons. The van der Waals surface area contributed by atoms with Crippen LogP contribution < -0.4 is 0 Å². The molecule has 0 saturated heterocycles. The molecule has 3 nitrogen and oxygen atoms in total. The van der Waals surface area contributed by atoms with Gasteiger partial charge < -0.3 is 9.47 Å². The molecule has 0 fully saturated rings. The van der Waals surface area contributed by atoms with Crippen molar-refractivity contribution in [1.29, 1.82) is 0 Å². The molecule has 0 aromatic heterocycles. The van der Waals surface area contributed by atoms with Gasteiger partial charge in [0.1, 0.15) is 6.29 Å². The minimum Gasteiger partial charge on any atom is -0.346 e. The van der Waals surface area contributed by atoms with Crippen molar-refractivity contribution in [3.63, 3.8) is 0 Å². The summed E-state index contributed by atoms with van der Waals surface area (Å²) in [6.45, 7) is 5.56. The van der Waals surface area contributed by atoms with Gasteiger partial charge in [0.05, 0.1) is 13.2 Å². The Morgan fingerprint density at radius 2 is 1.73 bits per heavy atom. The standard InChI is InChI=1S/C19H26O3/c1-3-5-11-21-19(22-12-6-4-2)14-16(15-20)13-17-9-7-8-10-18(17)19/h7-10,13,15H,3-6,11-12,14H2,1-2H3. The fourth-order valence-electron chi connectivity index (χ4n) is 2.72. The van der Waals surface area contributed by atoms with Crippen LogP contribution in [0.4, 0.5) is 0 Å². The van der Waals surface area contributed by atoms with Gasteiger partial charge >= 0.3 is 0 Å². The normalized spacial score (nSPS) is 16.0. The molecule has 1 aliphatic rings. The first-order valence-electron chi connectivity index (χ1n) is 8.29.